The first-order valence-corrected chi connectivity index (χ1v) is 8.85. The highest BCUT2D eigenvalue weighted by Gasteiger charge is 2.64. The maximum Gasteiger partial charge on any atom is 0.308 e. The third kappa shape index (κ3) is 2.04. The molecule has 3 saturated heterocycles. The van der Waals surface area contributed by atoms with Crippen LogP contribution in [0.3, 0.4) is 0 Å². The Kier molecular flexibility index (Phi) is 3.05. The number of nitrogens with zero attached hydrogens (tertiary/aromatic N) is 1. The van der Waals surface area contributed by atoms with Crippen molar-refractivity contribution in [3.8, 4) is 0 Å². The van der Waals surface area contributed by atoms with E-state index in [1.807, 2.05) is 30.3 Å². The standard InChI is InChI=1S/C19H21NO4/c21-18(13-7-16-11-6-12(11)17(13)24-16)20-8-14(15(9-20)19(22)23)10-4-2-1-3-5-10/h1-5,11-17H,6-9H2,(H,22,23)/t11-,12+,13-,14-,15-,16+,17+/m1/s1. The maximum atomic E-state index is 13.0. The fraction of sp³-hybridized carbons (Fsp3) is 0.579. The van der Waals surface area contributed by atoms with Crippen LogP contribution in [0.4, 0.5) is 0 Å². The molecule has 0 aromatic heterocycles. The molecule has 7 atom stereocenters. The fourth-order valence-corrected chi connectivity index (χ4v) is 5.20. The van der Waals surface area contributed by atoms with Crippen molar-refractivity contribution in [3.63, 3.8) is 0 Å². The second-order valence-corrected chi connectivity index (χ2v) is 7.75. The van der Waals surface area contributed by atoms with Gasteiger partial charge in [0.2, 0.25) is 5.91 Å². The molecule has 3 aliphatic heterocycles. The van der Waals surface area contributed by atoms with Gasteiger partial charge in [-0.25, -0.2) is 0 Å². The highest BCUT2D eigenvalue weighted by atomic mass is 16.5. The van der Waals surface area contributed by atoms with E-state index in [2.05, 4.69) is 0 Å². The number of carbonyl (C=O) groups is 2. The minimum Gasteiger partial charge on any atom is -0.481 e. The Hall–Kier alpha value is -1.88. The zero-order valence-electron chi connectivity index (χ0n) is 13.4. The van der Waals surface area contributed by atoms with Crippen LogP contribution in [0.2, 0.25) is 0 Å². The molecule has 0 unspecified atom stereocenters. The van der Waals surface area contributed by atoms with Gasteiger partial charge in [-0.1, -0.05) is 30.3 Å². The number of carboxylic acid groups (broad SMARTS) is 1. The Morgan fingerprint density at radius 1 is 1.04 bits per heavy atom. The Morgan fingerprint density at radius 3 is 2.50 bits per heavy atom. The molecular formula is C19H21NO4. The summed E-state index contributed by atoms with van der Waals surface area (Å²) in [4.78, 5) is 26.5. The number of hydrogen-bond acceptors (Lipinski definition) is 3. The van der Waals surface area contributed by atoms with Crippen molar-refractivity contribution < 1.29 is 19.4 Å². The van der Waals surface area contributed by atoms with Gasteiger partial charge in [0.05, 0.1) is 24.0 Å². The zero-order valence-corrected chi connectivity index (χ0v) is 13.4. The van der Waals surface area contributed by atoms with Gasteiger partial charge in [-0.15, -0.1) is 0 Å². The summed E-state index contributed by atoms with van der Waals surface area (Å²) in [5, 5.41) is 9.60. The van der Waals surface area contributed by atoms with Crippen LogP contribution >= 0.6 is 0 Å². The quantitative estimate of drug-likeness (QED) is 0.918. The molecule has 1 aliphatic carbocycles. The Bertz CT molecular complexity index is 690. The van der Waals surface area contributed by atoms with Gasteiger partial charge in [0, 0.05) is 19.0 Å². The third-order valence-corrected chi connectivity index (χ3v) is 6.50. The van der Waals surface area contributed by atoms with Crippen LogP contribution in [0.25, 0.3) is 0 Å². The summed E-state index contributed by atoms with van der Waals surface area (Å²) in [6, 6.07) is 9.70. The van der Waals surface area contributed by atoms with Gasteiger partial charge in [0.25, 0.3) is 0 Å². The Balaban J connectivity index is 1.36. The Labute approximate surface area is 140 Å². The van der Waals surface area contributed by atoms with Gasteiger partial charge in [0.1, 0.15) is 0 Å². The zero-order chi connectivity index (χ0) is 16.4. The number of aliphatic carboxylic acids is 1. The predicted octanol–water partition coefficient (Wildman–Crippen LogP) is 1.74. The number of benzene rings is 1. The van der Waals surface area contributed by atoms with Crippen LogP contribution in [-0.2, 0) is 14.3 Å². The van der Waals surface area contributed by atoms with Gasteiger partial charge in [-0.05, 0) is 30.2 Å². The first kappa shape index (κ1) is 14.5. The van der Waals surface area contributed by atoms with Crippen LogP contribution in [-0.4, -0.2) is 47.2 Å². The number of carboxylic acids is 1. The number of ether oxygens (including phenoxy) is 1. The van der Waals surface area contributed by atoms with Crippen LogP contribution in [0, 0.1) is 23.7 Å². The van der Waals surface area contributed by atoms with E-state index in [1.165, 1.54) is 6.42 Å². The molecule has 5 rings (SSSR count). The molecule has 1 aromatic rings. The van der Waals surface area contributed by atoms with E-state index < -0.39 is 11.9 Å². The van der Waals surface area contributed by atoms with E-state index in [0.29, 0.717) is 24.9 Å². The molecule has 0 spiro atoms. The third-order valence-electron chi connectivity index (χ3n) is 6.50. The van der Waals surface area contributed by atoms with Crippen molar-refractivity contribution in [2.24, 2.45) is 23.7 Å². The van der Waals surface area contributed by atoms with E-state index in [-0.39, 0.29) is 30.0 Å². The first-order chi connectivity index (χ1) is 11.6. The highest BCUT2D eigenvalue weighted by molar-refractivity contribution is 5.82. The molecule has 0 radical (unpaired) electrons. The summed E-state index contributed by atoms with van der Waals surface area (Å²) in [6.45, 7) is 0.817. The summed E-state index contributed by atoms with van der Waals surface area (Å²) in [6.07, 6.45) is 2.40. The van der Waals surface area contributed by atoms with Crippen molar-refractivity contribution in [1.29, 1.82) is 0 Å². The average Bonchev–Trinajstić information content (AvgIpc) is 2.98. The van der Waals surface area contributed by atoms with Crippen LogP contribution in [0.5, 0.6) is 0 Å². The minimum atomic E-state index is -0.814. The van der Waals surface area contributed by atoms with Crippen LogP contribution < -0.4 is 0 Å². The second-order valence-electron chi connectivity index (χ2n) is 7.75. The van der Waals surface area contributed by atoms with Crippen molar-refractivity contribution in [1.82, 2.24) is 4.90 Å². The summed E-state index contributed by atoms with van der Waals surface area (Å²) in [5.74, 6) is -0.127. The molecule has 24 heavy (non-hydrogen) atoms. The van der Waals surface area contributed by atoms with E-state index >= 15 is 0 Å². The first-order valence-electron chi connectivity index (χ1n) is 8.85. The van der Waals surface area contributed by atoms with Gasteiger partial charge < -0.3 is 14.7 Å². The lowest BCUT2D eigenvalue weighted by Crippen LogP contribution is -2.39. The molecule has 4 aliphatic rings. The monoisotopic (exact) mass is 327 g/mol. The average molecular weight is 327 g/mol. The molecule has 4 fully saturated rings. The molecule has 1 amide bonds. The fourth-order valence-electron chi connectivity index (χ4n) is 5.20. The molecule has 1 N–H and O–H groups in total. The molecule has 3 heterocycles. The van der Waals surface area contributed by atoms with Crippen molar-refractivity contribution in [2.75, 3.05) is 13.1 Å². The molecule has 126 valence electrons. The van der Waals surface area contributed by atoms with E-state index in [4.69, 9.17) is 4.74 Å². The number of hydrogen-bond donors (Lipinski definition) is 1. The van der Waals surface area contributed by atoms with Gasteiger partial charge >= 0.3 is 5.97 Å². The normalized spacial score (nSPS) is 42.2. The number of amides is 1. The van der Waals surface area contributed by atoms with Crippen LogP contribution in [0.15, 0.2) is 30.3 Å². The summed E-state index contributed by atoms with van der Waals surface area (Å²) >= 11 is 0. The SMILES string of the molecule is O=C(O)[C@@H]1CN(C(=O)[C@@H]2C[C@@H]3O[C@H]2[C@H]2C[C@H]23)C[C@@H]1c1ccccc1. The minimum absolute atomic E-state index is 0.0530. The number of rotatable bonds is 3. The number of likely N-dealkylation sites (tertiary alicyclic amines) is 1. The lowest BCUT2D eigenvalue weighted by atomic mass is 9.88. The largest absolute Gasteiger partial charge is 0.481 e. The molecular weight excluding hydrogens is 306 g/mol. The lowest BCUT2D eigenvalue weighted by molar-refractivity contribution is -0.142. The van der Waals surface area contributed by atoms with Crippen molar-refractivity contribution in [2.45, 2.75) is 31.0 Å². The molecule has 1 saturated carbocycles. The lowest BCUT2D eigenvalue weighted by Gasteiger charge is -2.24. The summed E-state index contributed by atoms with van der Waals surface area (Å²) < 4.78 is 5.95. The predicted molar refractivity (Wildman–Crippen MR) is 85.3 cm³/mol. The summed E-state index contributed by atoms with van der Waals surface area (Å²) in [7, 11) is 0. The smallest absolute Gasteiger partial charge is 0.308 e. The molecule has 5 nitrogen and oxygen atoms in total. The van der Waals surface area contributed by atoms with E-state index in [0.717, 1.165) is 12.0 Å². The van der Waals surface area contributed by atoms with Crippen LogP contribution in [0.1, 0.15) is 24.3 Å². The number of fused-ring (bicyclic) bond motifs is 5. The topological polar surface area (TPSA) is 66.8 Å². The summed E-state index contributed by atoms with van der Waals surface area (Å²) in [5.41, 5.74) is 1.01. The Morgan fingerprint density at radius 2 is 1.83 bits per heavy atom. The van der Waals surface area contributed by atoms with Crippen molar-refractivity contribution in [3.05, 3.63) is 35.9 Å². The molecule has 5 heteroatoms. The van der Waals surface area contributed by atoms with Gasteiger partial charge in [-0.3, -0.25) is 9.59 Å². The molecule has 1 aromatic carbocycles. The maximum absolute atomic E-state index is 13.0. The number of carbonyl (C=O) groups excluding carboxylic acids is 1. The van der Waals surface area contributed by atoms with E-state index in [1.54, 1.807) is 4.90 Å². The highest BCUT2D eigenvalue weighted by Crippen LogP contribution is 2.61. The van der Waals surface area contributed by atoms with Gasteiger partial charge in [0.15, 0.2) is 0 Å². The molecule has 2 bridgehead atoms. The van der Waals surface area contributed by atoms with Crippen molar-refractivity contribution >= 4 is 11.9 Å². The second kappa shape index (κ2) is 5.06. The van der Waals surface area contributed by atoms with Gasteiger partial charge in [-0.2, -0.15) is 0 Å². The van der Waals surface area contributed by atoms with E-state index in [9.17, 15) is 14.7 Å².